The van der Waals surface area contributed by atoms with Crippen LogP contribution in [0.3, 0.4) is 0 Å². The Morgan fingerprint density at radius 1 is 1.30 bits per heavy atom. The molecule has 0 bridgehead atoms. The summed E-state index contributed by atoms with van der Waals surface area (Å²) in [6, 6.07) is 7.43. The largest absolute Gasteiger partial charge is 0.469 e. The van der Waals surface area contributed by atoms with Crippen molar-refractivity contribution in [2.75, 3.05) is 20.2 Å². The highest BCUT2D eigenvalue weighted by atomic mass is 35.5. The number of nitrogens with zero attached hydrogens (tertiary/aromatic N) is 1. The van der Waals surface area contributed by atoms with Gasteiger partial charge in [-0.1, -0.05) is 29.8 Å². The van der Waals surface area contributed by atoms with Crippen molar-refractivity contribution in [2.45, 2.75) is 19.3 Å². The summed E-state index contributed by atoms with van der Waals surface area (Å²) in [5, 5.41) is 0.632. The molecule has 3 rings (SSSR count). The number of benzene rings is 1. The number of likely N-dealkylation sites (tertiary alicyclic amines) is 1. The van der Waals surface area contributed by atoms with Crippen molar-refractivity contribution in [3.05, 3.63) is 40.9 Å². The van der Waals surface area contributed by atoms with E-state index in [0.29, 0.717) is 18.1 Å². The lowest BCUT2D eigenvalue weighted by Gasteiger charge is -2.32. The molecule has 4 nitrogen and oxygen atoms in total. The summed E-state index contributed by atoms with van der Waals surface area (Å²) in [7, 11) is 1.44. The molecule has 1 aliphatic carbocycles. The standard InChI is InChI=1S/C18H20ClNO3/c1-23-17(22)14-12-18(14)8-10-20(11-9-18)16(21)7-6-13-4-2-3-5-15(13)19/h2-7,14H,8-12H2,1H3/b7-6+. The highest BCUT2D eigenvalue weighted by molar-refractivity contribution is 6.32. The monoisotopic (exact) mass is 333 g/mol. The van der Waals surface area contributed by atoms with Gasteiger partial charge in [0.25, 0.3) is 0 Å². The van der Waals surface area contributed by atoms with Crippen molar-refractivity contribution in [3.63, 3.8) is 0 Å². The molecule has 0 radical (unpaired) electrons. The summed E-state index contributed by atoms with van der Waals surface area (Å²) in [5.74, 6) is -0.0816. The van der Waals surface area contributed by atoms with Gasteiger partial charge in [-0.15, -0.1) is 0 Å². The molecule has 1 spiro atoms. The van der Waals surface area contributed by atoms with Gasteiger partial charge in [0.2, 0.25) is 5.91 Å². The van der Waals surface area contributed by atoms with E-state index in [1.165, 1.54) is 7.11 Å². The lowest BCUT2D eigenvalue weighted by molar-refractivity contribution is -0.143. The summed E-state index contributed by atoms with van der Waals surface area (Å²) < 4.78 is 4.83. The van der Waals surface area contributed by atoms with Gasteiger partial charge in [0.05, 0.1) is 13.0 Å². The van der Waals surface area contributed by atoms with Crippen LogP contribution in [0.4, 0.5) is 0 Å². The van der Waals surface area contributed by atoms with Crippen LogP contribution in [0.15, 0.2) is 30.3 Å². The van der Waals surface area contributed by atoms with Crippen molar-refractivity contribution < 1.29 is 14.3 Å². The number of hydrogen-bond acceptors (Lipinski definition) is 3. The molecule has 122 valence electrons. The minimum absolute atomic E-state index is 0.00459. The van der Waals surface area contributed by atoms with Gasteiger partial charge in [-0.2, -0.15) is 0 Å². The molecule has 1 saturated heterocycles. The maximum atomic E-state index is 12.3. The zero-order chi connectivity index (χ0) is 16.4. The number of hydrogen-bond donors (Lipinski definition) is 0. The number of piperidine rings is 1. The van der Waals surface area contributed by atoms with E-state index in [1.807, 2.05) is 23.1 Å². The Morgan fingerprint density at radius 2 is 2.00 bits per heavy atom. The van der Waals surface area contributed by atoms with E-state index < -0.39 is 0 Å². The Balaban J connectivity index is 1.55. The smallest absolute Gasteiger partial charge is 0.309 e. The van der Waals surface area contributed by atoms with Crippen LogP contribution < -0.4 is 0 Å². The Morgan fingerprint density at radius 3 is 2.65 bits per heavy atom. The first kappa shape index (κ1) is 16.1. The molecule has 2 aliphatic rings. The van der Waals surface area contributed by atoms with E-state index in [-0.39, 0.29) is 23.2 Å². The van der Waals surface area contributed by atoms with Gasteiger partial charge >= 0.3 is 5.97 Å². The molecule has 2 fully saturated rings. The average Bonchev–Trinajstić information content (AvgIpc) is 3.27. The number of amides is 1. The molecule has 1 heterocycles. The first-order chi connectivity index (χ1) is 11.1. The Hall–Kier alpha value is -1.81. The number of ether oxygens (including phenoxy) is 1. The van der Waals surface area contributed by atoms with E-state index in [1.54, 1.807) is 18.2 Å². The molecule has 0 aromatic heterocycles. The van der Waals surface area contributed by atoms with Gasteiger partial charge in [0.1, 0.15) is 0 Å². The van der Waals surface area contributed by atoms with Crippen LogP contribution in [0.2, 0.25) is 5.02 Å². The van der Waals surface area contributed by atoms with Crippen molar-refractivity contribution in [2.24, 2.45) is 11.3 Å². The van der Waals surface area contributed by atoms with Crippen LogP contribution >= 0.6 is 11.6 Å². The van der Waals surface area contributed by atoms with E-state index >= 15 is 0 Å². The Bertz CT molecular complexity index is 647. The van der Waals surface area contributed by atoms with Crippen molar-refractivity contribution >= 4 is 29.6 Å². The minimum Gasteiger partial charge on any atom is -0.469 e. The predicted octanol–water partition coefficient (Wildman–Crippen LogP) is 3.15. The second-order valence-electron chi connectivity index (χ2n) is 6.32. The number of halogens is 1. The average molecular weight is 334 g/mol. The molecule has 23 heavy (non-hydrogen) atoms. The molecular formula is C18H20ClNO3. The number of carbonyl (C=O) groups excluding carboxylic acids is 2. The molecule has 1 saturated carbocycles. The summed E-state index contributed by atoms with van der Waals surface area (Å²) in [6.07, 6.45) is 5.97. The van der Waals surface area contributed by atoms with Crippen LogP contribution in [0.25, 0.3) is 6.08 Å². The molecule has 0 N–H and O–H groups in total. The summed E-state index contributed by atoms with van der Waals surface area (Å²) in [4.78, 5) is 25.8. The van der Waals surface area contributed by atoms with Gasteiger partial charge in [-0.3, -0.25) is 9.59 Å². The van der Waals surface area contributed by atoms with Crippen LogP contribution in [0, 0.1) is 11.3 Å². The van der Waals surface area contributed by atoms with Gasteiger partial charge in [0, 0.05) is 24.2 Å². The van der Waals surface area contributed by atoms with E-state index in [2.05, 4.69) is 0 Å². The maximum Gasteiger partial charge on any atom is 0.309 e. The van der Waals surface area contributed by atoms with Crippen LogP contribution in [-0.2, 0) is 14.3 Å². The first-order valence-corrected chi connectivity index (χ1v) is 8.23. The Labute approximate surface area is 141 Å². The zero-order valence-corrected chi connectivity index (χ0v) is 13.9. The van der Waals surface area contributed by atoms with E-state index in [0.717, 1.165) is 24.8 Å². The van der Waals surface area contributed by atoms with Crippen LogP contribution in [0.5, 0.6) is 0 Å². The van der Waals surface area contributed by atoms with Crippen LogP contribution in [-0.4, -0.2) is 37.0 Å². The number of rotatable bonds is 3. The Kier molecular flexibility index (Phi) is 4.44. The third-order valence-electron chi connectivity index (χ3n) is 5.06. The molecule has 1 aliphatic heterocycles. The van der Waals surface area contributed by atoms with Gasteiger partial charge < -0.3 is 9.64 Å². The fourth-order valence-corrected chi connectivity index (χ4v) is 3.62. The maximum absolute atomic E-state index is 12.3. The summed E-state index contributed by atoms with van der Waals surface area (Å²) >= 11 is 6.08. The summed E-state index contributed by atoms with van der Waals surface area (Å²) in [5.41, 5.74) is 0.917. The van der Waals surface area contributed by atoms with Crippen molar-refractivity contribution in [1.29, 1.82) is 0 Å². The number of esters is 1. The van der Waals surface area contributed by atoms with Crippen molar-refractivity contribution in [3.8, 4) is 0 Å². The second kappa shape index (κ2) is 6.36. The third kappa shape index (κ3) is 3.27. The SMILES string of the molecule is COC(=O)C1CC12CCN(C(=O)/C=C/c1ccccc1Cl)CC2. The van der Waals surface area contributed by atoms with Crippen LogP contribution in [0.1, 0.15) is 24.8 Å². The lowest BCUT2D eigenvalue weighted by Crippen LogP contribution is -2.39. The topological polar surface area (TPSA) is 46.6 Å². The molecule has 1 atom stereocenters. The summed E-state index contributed by atoms with van der Waals surface area (Å²) in [6.45, 7) is 1.39. The molecule has 1 amide bonds. The van der Waals surface area contributed by atoms with Gasteiger partial charge in [-0.05, 0) is 42.4 Å². The lowest BCUT2D eigenvalue weighted by atomic mass is 9.91. The first-order valence-electron chi connectivity index (χ1n) is 7.85. The fraction of sp³-hybridized carbons (Fsp3) is 0.444. The van der Waals surface area contributed by atoms with Gasteiger partial charge in [0.15, 0.2) is 0 Å². The quantitative estimate of drug-likeness (QED) is 0.630. The normalized spacial score (nSPS) is 22.3. The fourth-order valence-electron chi connectivity index (χ4n) is 3.42. The highest BCUT2D eigenvalue weighted by Crippen LogP contribution is 2.59. The molecular weight excluding hydrogens is 314 g/mol. The van der Waals surface area contributed by atoms with E-state index in [4.69, 9.17) is 16.3 Å². The second-order valence-corrected chi connectivity index (χ2v) is 6.73. The molecule has 1 aromatic rings. The molecule has 5 heteroatoms. The zero-order valence-electron chi connectivity index (χ0n) is 13.1. The highest BCUT2D eigenvalue weighted by Gasteiger charge is 2.59. The third-order valence-corrected chi connectivity index (χ3v) is 5.40. The molecule has 1 unspecified atom stereocenters. The number of methoxy groups -OCH3 is 1. The number of carbonyl (C=O) groups is 2. The van der Waals surface area contributed by atoms with Gasteiger partial charge in [-0.25, -0.2) is 0 Å². The van der Waals surface area contributed by atoms with Crippen molar-refractivity contribution in [1.82, 2.24) is 4.90 Å². The van der Waals surface area contributed by atoms with E-state index in [9.17, 15) is 9.59 Å². The predicted molar refractivity (Wildman–Crippen MR) is 88.9 cm³/mol. The molecule has 1 aromatic carbocycles. The minimum atomic E-state index is -0.108.